The van der Waals surface area contributed by atoms with E-state index in [1.807, 2.05) is 0 Å². The van der Waals surface area contributed by atoms with Crippen molar-refractivity contribution in [2.75, 3.05) is 5.32 Å². The van der Waals surface area contributed by atoms with Gasteiger partial charge in [-0.3, -0.25) is 9.89 Å². The fourth-order valence-electron chi connectivity index (χ4n) is 2.16. The minimum Gasteiger partial charge on any atom is -0.421 e. The number of anilines is 1. The number of hydrogen-bond acceptors (Lipinski definition) is 5. The van der Waals surface area contributed by atoms with E-state index in [0.717, 1.165) is 25.0 Å². The number of rotatable bonds is 4. The van der Waals surface area contributed by atoms with Crippen LogP contribution in [-0.2, 0) is 4.79 Å². The second kappa shape index (κ2) is 5.52. The molecular weight excluding hydrogens is 320 g/mol. The minimum atomic E-state index is -0.863. The molecule has 0 bridgehead atoms. The Morgan fingerprint density at radius 1 is 1.33 bits per heavy atom. The van der Waals surface area contributed by atoms with E-state index in [0.29, 0.717) is 17.3 Å². The van der Waals surface area contributed by atoms with E-state index >= 15 is 0 Å². The lowest BCUT2D eigenvalue weighted by Gasteiger charge is -2.04. The van der Waals surface area contributed by atoms with E-state index in [9.17, 15) is 13.6 Å². The van der Waals surface area contributed by atoms with Crippen molar-refractivity contribution in [2.24, 2.45) is 5.92 Å². The summed E-state index contributed by atoms with van der Waals surface area (Å²) in [4.78, 5) is 19.8. The normalized spacial score (nSPS) is 13.9. The number of H-pyrrole nitrogens is 1. The Labute approximate surface area is 134 Å². The molecule has 0 unspecified atom stereocenters. The van der Waals surface area contributed by atoms with Crippen LogP contribution in [0.5, 0.6) is 11.8 Å². The second-order valence-corrected chi connectivity index (χ2v) is 5.43. The Kier molecular flexibility index (Phi) is 3.33. The molecule has 1 fully saturated rings. The predicted octanol–water partition coefficient (Wildman–Crippen LogP) is 2.77. The van der Waals surface area contributed by atoms with Crippen molar-refractivity contribution < 1.29 is 18.3 Å². The maximum atomic E-state index is 13.6. The minimum absolute atomic E-state index is 0.0494. The number of carbonyl (C=O) groups excluding carboxylic acids is 1. The number of aromatic amines is 1. The SMILES string of the molecule is O=C(Nc1[nH]nc2nc(Oc3ccc(F)cc3F)ncc12)C1CC1. The van der Waals surface area contributed by atoms with Crippen LogP contribution in [0.4, 0.5) is 14.6 Å². The first kappa shape index (κ1) is 14.5. The van der Waals surface area contributed by atoms with Crippen LogP contribution in [0.2, 0.25) is 0 Å². The van der Waals surface area contributed by atoms with Crippen molar-refractivity contribution in [1.29, 1.82) is 0 Å². The maximum Gasteiger partial charge on any atom is 0.324 e. The fraction of sp³-hybridized carbons (Fsp3) is 0.200. The molecule has 0 atom stereocenters. The van der Waals surface area contributed by atoms with Gasteiger partial charge in [-0.05, 0) is 25.0 Å². The van der Waals surface area contributed by atoms with Crippen LogP contribution in [0.25, 0.3) is 11.0 Å². The van der Waals surface area contributed by atoms with E-state index in [2.05, 4.69) is 25.5 Å². The second-order valence-electron chi connectivity index (χ2n) is 5.43. The molecule has 1 aliphatic carbocycles. The first-order chi connectivity index (χ1) is 11.6. The van der Waals surface area contributed by atoms with Crippen LogP contribution >= 0.6 is 0 Å². The van der Waals surface area contributed by atoms with Gasteiger partial charge in [0.1, 0.15) is 11.6 Å². The number of amides is 1. The van der Waals surface area contributed by atoms with Crippen molar-refractivity contribution in [1.82, 2.24) is 20.2 Å². The monoisotopic (exact) mass is 331 g/mol. The van der Waals surface area contributed by atoms with Gasteiger partial charge in [0.15, 0.2) is 17.2 Å². The molecule has 4 rings (SSSR count). The highest BCUT2D eigenvalue weighted by molar-refractivity contribution is 6.00. The standard InChI is InChI=1S/C15H11F2N5O2/c16-8-3-4-11(10(17)5-8)24-15-18-6-9-12(21-22-13(9)20-15)19-14(23)7-1-2-7/h3-7H,1-2H2,(H2,18,19,20,21,22,23). The van der Waals surface area contributed by atoms with Crippen LogP contribution in [0.3, 0.4) is 0 Å². The van der Waals surface area contributed by atoms with Crippen LogP contribution in [0.1, 0.15) is 12.8 Å². The molecule has 2 N–H and O–H groups in total. The molecule has 1 amide bonds. The molecule has 2 heterocycles. The van der Waals surface area contributed by atoms with Crippen LogP contribution in [0.15, 0.2) is 24.4 Å². The number of fused-ring (bicyclic) bond motifs is 1. The molecule has 3 aromatic rings. The summed E-state index contributed by atoms with van der Waals surface area (Å²) in [6, 6.07) is 2.77. The number of ether oxygens (including phenoxy) is 1. The molecule has 1 aromatic carbocycles. The molecule has 0 aliphatic heterocycles. The third-order valence-corrected chi connectivity index (χ3v) is 3.58. The number of aromatic nitrogens is 4. The smallest absolute Gasteiger partial charge is 0.324 e. The van der Waals surface area contributed by atoms with Gasteiger partial charge in [-0.15, -0.1) is 0 Å². The molecule has 0 radical (unpaired) electrons. The van der Waals surface area contributed by atoms with Crippen molar-refractivity contribution in [3.8, 4) is 11.8 Å². The van der Waals surface area contributed by atoms with E-state index in [-0.39, 0.29) is 29.2 Å². The zero-order valence-electron chi connectivity index (χ0n) is 12.2. The highest BCUT2D eigenvalue weighted by Crippen LogP contribution is 2.31. The Balaban J connectivity index is 1.58. The fourth-order valence-corrected chi connectivity index (χ4v) is 2.16. The Bertz CT molecular complexity index is 939. The Morgan fingerprint density at radius 3 is 2.92 bits per heavy atom. The lowest BCUT2D eigenvalue weighted by Crippen LogP contribution is -2.13. The van der Waals surface area contributed by atoms with Gasteiger partial charge >= 0.3 is 6.01 Å². The lowest BCUT2D eigenvalue weighted by atomic mass is 10.3. The van der Waals surface area contributed by atoms with Crippen LogP contribution in [0, 0.1) is 17.6 Å². The highest BCUT2D eigenvalue weighted by Gasteiger charge is 2.30. The molecule has 0 saturated heterocycles. The van der Waals surface area contributed by atoms with Gasteiger partial charge in [-0.1, -0.05) is 0 Å². The summed E-state index contributed by atoms with van der Waals surface area (Å²) in [6.07, 6.45) is 3.18. The van der Waals surface area contributed by atoms with Crippen LogP contribution in [-0.4, -0.2) is 26.1 Å². The molecular formula is C15H11F2N5O2. The quantitative estimate of drug-likeness (QED) is 0.767. The van der Waals surface area contributed by atoms with Gasteiger partial charge < -0.3 is 10.1 Å². The zero-order valence-corrected chi connectivity index (χ0v) is 12.2. The number of hydrogen-bond donors (Lipinski definition) is 2. The molecule has 1 saturated carbocycles. The van der Waals surface area contributed by atoms with Gasteiger partial charge in [0.25, 0.3) is 0 Å². The summed E-state index contributed by atoms with van der Waals surface area (Å²) in [5.41, 5.74) is 0.258. The molecule has 2 aromatic heterocycles. The molecule has 1 aliphatic rings. The Morgan fingerprint density at radius 2 is 2.17 bits per heavy atom. The summed E-state index contributed by atoms with van der Waals surface area (Å²) < 4.78 is 31.7. The number of nitrogens with zero attached hydrogens (tertiary/aromatic N) is 3. The van der Waals surface area contributed by atoms with Gasteiger partial charge in [-0.25, -0.2) is 13.8 Å². The molecule has 0 spiro atoms. The van der Waals surface area contributed by atoms with Crippen molar-refractivity contribution >= 4 is 22.8 Å². The number of halogens is 2. The van der Waals surface area contributed by atoms with Crippen molar-refractivity contribution in [3.63, 3.8) is 0 Å². The molecule has 9 heteroatoms. The highest BCUT2D eigenvalue weighted by atomic mass is 19.1. The number of benzene rings is 1. The van der Waals surface area contributed by atoms with Gasteiger partial charge in [0, 0.05) is 18.2 Å². The average Bonchev–Trinajstić information content (AvgIpc) is 3.34. The van der Waals surface area contributed by atoms with Crippen LogP contribution < -0.4 is 10.1 Å². The largest absolute Gasteiger partial charge is 0.421 e. The third-order valence-electron chi connectivity index (χ3n) is 3.58. The van der Waals surface area contributed by atoms with Crippen molar-refractivity contribution in [2.45, 2.75) is 12.8 Å². The summed E-state index contributed by atoms with van der Waals surface area (Å²) in [5, 5.41) is 9.88. The topological polar surface area (TPSA) is 92.8 Å². The number of nitrogens with one attached hydrogen (secondary N) is 2. The van der Waals surface area contributed by atoms with E-state index < -0.39 is 11.6 Å². The Hall–Kier alpha value is -3.10. The average molecular weight is 331 g/mol. The number of carbonyl (C=O) groups is 1. The summed E-state index contributed by atoms with van der Waals surface area (Å²) in [5.74, 6) is -1.39. The third kappa shape index (κ3) is 2.75. The molecule has 122 valence electrons. The molecule has 24 heavy (non-hydrogen) atoms. The summed E-state index contributed by atoms with van der Waals surface area (Å²) in [7, 11) is 0. The van der Waals surface area contributed by atoms with Crippen molar-refractivity contribution in [3.05, 3.63) is 36.0 Å². The lowest BCUT2D eigenvalue weighted by molar-refractivity contribution is -0.117. The first-order valence-corrected chi connectivity index (χ1v) is 7.25. The summed E-state index contributed by atoms with van der Waals surface area (Å²) in [6.45, 7) is 0. The van der Waals surface area contributed by atoms with E-state index in [1.54, 1.807) is 0 Å². The van der Waals surface area contributed by atoms with Gasteiger partial charge in [0.05, 0.1) is 5.39 Å². The first-order valence-electron chi connectivity index (χ1n) is 7.25. The molecule has 7 nitrogen and oxygen atoms in total. The zero-order chi connectivity index (χ0) is 16.7. The van der Waals surface area contributed by atoms with Gasteiger partial charge in [0.2, 0.25) is 5.91 Å². The maximum absolute atomic E-state index is 13.6. The van der Waals surface area contributed by atoms with Gasteiger partial charge in [-0.2, -0.15) is 10.1 Å². The van der Waals surface area contributed by atoms with E-state index in [1.165, 1.54) is 6.20 Å². The van der Waals surface area contributed by atoms with E-state index in [4.69, 9.17) is 4.74 Å². The summed E-state index contributed by atoms with van der Waals surface area (Å²) >= 11 is 0. The predicted molar refractivity (Wildman–Crippen MR) is 79.5 cm³/mol.